The van der Waals surface area contributed by atoms with Crippen LogP contribution in [0.25, 0.3) is 76.5 Å². The van der Waals surface area contributed by atoms with Crippen LogP contribution in [-0.2, 0) is 0 Å². The van der Waals surface area contributed by atoms with Gasteiger partial charge in [0.2, 0.25) is 0 Å². The molecule has 1 aliphatic heterocycles. The summed E-state index contributed by atoms with van der Waals surface area (Å²) in [5.41, 5.74) is 7.41. The van der Waals surface area contributed by atoms with E-state index in [1.54, 1.807) is 0 Å². The van der Waals surface area contributed by atoms with Crippen molar-refractivity contribution in [3.63, 3.8) is 0 Å². The minimum Gasteiger partial charge on any atom is -0.456 e. The fourth-order valence-electron chi connectivity index (χ4n) is 6.87. The summed E-state index contributed by atoms with van der Waals surface area (Å²) in [4.78, 5) is 0. The molecule has 41 heavy (non-hydrogen) atoms. The van der Waals surface area contributed by atoms with Gasteiger partial charge in [-0.1, -0.05) is 127 Å². The molecule has 0 unspecified atom stereocenters. The summed E-state index contributed by atoms with van der Waals surface area (Å²) in [5, 5.41) is 9.92. The van der Waals surface area contributed by atoms with E-state index >= 15 is 0 Å². The lowest BCUT2D eigenvalue weighted by atomic mass is 9.81. The molecule has 9 rings (SSSR count). The molecule has 0 bridgehead atoms. The molecule has 0 N–H and O–H groups in total. The number of hydrogen-bond acceptors (Lipinski definition) is 1. The average Bonchev–Trinajstić information content (AvgIpc) is 3.04. The molecule has 0 amide bonds. The predicted octanol–water partition coefficient (Wildman–Crippen LogP) is 11.4. The predicted molar refractivity (Wildman–Crippen MR) is 173 cm³/mol. The minimum absolute atomic E-state index is 0.904. The van der Waals surface area contributed by atoms with Gasteiger partial charge in [-0.2, -0.15) is 0 Å². The first-order valence-corrected chi connectivity index (χ1v) is 14.1. The number of ether oxygens (including phenoxy) is 1. The highest BCUT2D eigenvalue weighted by Crippen LogP contribution is 2.53. The van der Waals surface area contributed by atoms with Crippen LogP contribution in [0.3, 0.4) is 0 Å². The van der Waals surface area contributed by atoms with E-state index in [4.69, 9.17) is 4.74 Å². The van der Waals surface area contributed by atoms with Gasteiger partial charge in [0.05, 0.1) is 0 Å². The Morgan fingerprint density at radius 2 is 0.927 bits per heavy atom. The van der Waals surface area contributed by atoms with E-state index in [2.05, 4.69) is 146 Å². The first-order chi connectivity index (χ1) is 20.3. The monoisotopic (exact) mass is 520 g/mol. The maximum absolute atomic E-state index is 6.43. The second-order valence-electron chi connectivity index (χ2n) is 10.8. The molecule has 0 fully saturated rings. The molecule has 0 saturated heterocycles. The van der Waals surface area contributed by atoms with Crippen molar-refractivity contribution in [2.24, 2.45) is 0 Å². The molecule has 1 heteroatoms. The van der Waals surface area contributed by atoms with Crippen molar-refractivity contribution in [1.29, 1.82) is 0 Å². The standard InChI is InChI=1S/C40H24O/c1-2-11-27-24-28(21-20-25(27)10-1)37-29-13-3-5-15-31(29)39(32-16-6-4-14-30(32)37)34-23-22-26-12-9-19-36-38(26)40(34)33-17-7-8-18-35(33)41-36/h1-24H. The van der Waals surface area contributed by atoms with Gasteiger partial charge in [0, 0.05) is 16.5 Å². The smallest absolute Gasteiger partial charge is 0.135 e. The molecule has 0 atom stereocenters. The van der Waals surface area contributed by atoms with Gasteiger partial charge >= 0.3 is 0 Å². The first-order valence-electron chi connectivity index (χ1n) is 14.1. The van der Waals surface area contributed by atoms with E-state index in [1.165, 1.54) is 70.9 Å². The lowest BCUT2D eigenvalue weighted by Gasteiger charge is -2.25. The van der Waals surface area contributed by atoms with Crippen LogP contribution in [0, 0.1) is 0 Å². The van der Waals surface area contributed by atoms with Gasteiger partial charge in [-0.05, 0) is 78.2 Å². The van der Waals surface area contributed by atoms with Gasteiger partial charge < -0.3 is 4.74 Å². The second kappa shape index (κ2) is 8.55. The Labute approximate surface area is 237 Å². The SMILES string of the molecule is c1ccc2c(c1)Oc1cccc3ccc(-c4c5ccccc5c(-c5ccc6ccccc6c5)c5ccccc45)c-2c13. The van der Waals surface area contributed by atoms with E-state index in [-0.39, 0.29) is 0 Å². The second-order valence-corrected chi connectivity index (χ2v) is 10.8. The zero-order valence-electron chi connectivity index (χ0n) is 22.3. The van der Waals surface area contributed by atoms with E-state index in [1.807, 2.05) is 0 Å². The van der Waals surface area contributed by atoms with Gasteiger partial charge in [-0.3, -0.25) is 0 Å². The fourth-order valence-corrected chi connectivity index (χ4v) is 6.87. The lowest BCUT2D eigenvalue weighted by Crippen LogP contribution is -1.99. The van der Waals surface area contributed by atoms with Crippen molar-refractivity contribution < 1.29 is 4.74 Å². The average molecular weight is 521 g/mol. The largest absolute Gasteiger partial charge is 0.456 e. The summed E-state index contributed by atoms with van der Waals surface area (Å²) in [5.74, 6) is 1.82. The molecule has 0 saturated carbocycles. The number of benzene rings is 8. The number of hydrogen-bond donors (Lipinski definition) is 0. The highest BCUT2D eigenvalue weighted by molar-refractivity contribution is 6.24. The zero-order valence-corrected chi connectivity index (χ0v) is 22.3. The molecule has 1 heterocycles. The maximum Gasteiger partial charge on any atom is 0.135 e. The maximum atomic E-state index is 6.43. The van der Waals surface area contributed by atoms with Gasteiger partial charge in [-0.15, -0.1) is 0 Å². The molecule has 190 valence electrons. The van der Waals surface area contributed by atoms with Crippen molar-refractivity contribution >= 4 is 43.1 Å². The van der Waals surface area contributed by atoms with Crippen LogP contribution in [-0.4, -0.2) is 0 Å². The van der Waals surface area contributed by atoms with Crippen LogP contribution in [0.2, 0.25) is 0 Å². The molecule has 1 nitrogen and oxygen atoms in total. The summed E-state index contributed by atoms with van der Waals surface area (Å²) in [6.45, 7) is 0. The number of fused-ring (bicyclic) bond motifs is 5. The van der Waals surface area contributed by atoms with Gasteiger partial charge in [-0.25, -0.2) is 0 Å². The van der Waals surface area contributed by atoms with Crippen molar-refractivity contribution in [3.05, 3.63) is 146 Å². The molecule has 1 aliphatic rings. The van der Waals surface area contributed by atoms with Gasteiger partial charge in [0.1, 0.15) is 11.5 Å². The van der Waals surface area contributed by atoms with Crippen LogP contribution in [0.4, 0.5) is 0 Å². The van der Waals surface area contributed by atoms with Crippen molar-refractivity contribution in [3.8, 4) is 44.9 Å². The summed E-state index contributed by atoms with van der Waals surface area (Å²) in [7, 11) is 0. The van der Waals surface area contributed by atoms with E-state index in [0.717, 1.165) is 17.1 Å². The van der Waals surface area contributed by atoms with Crippen LogP contribution >= 0.6 is 0 Å². The van der Waals surface area contributed by atoms with Crippen LogP contribution < -0.4 is 4.74 Å². The molecule has 0 radical (unpaired) electrons. The number of para-hydroxylation sites is 1. The fraction of sp³-hybridized carbons (Fsp3) is 0. The summed E-state index contributed by atoms with van der Waals surface area (Å²) in [6.07, 6.45) is 0. The molecule has 8 aromatic rings. The molecule has 0 aromatic heterocycles. The summed E-state index contributed by atoms with van der Waals surface area (Å²) in [6, 6.07) is 52.6. The number of rotatable bonds is 2. The van der Waals surface area contributed by atoms with Crippen LogP contribution in [0.1, 0.15) is 0 Å². The highest BCUT2D eigenvalue weighted by Gasteiger charge is 2.25. The third-order valence-corrected chi connectivity index (χ3v) is 8.62. The summed E-state index contributed by atoms with van der Waals surface area (Å²) < 4.78 is 6.43. The van der Waals surface area contributed by atoms with E-state index in [9.17, 15) is 0 Å². The third-order valence-electron chi connectivity index (χ3n) is 8.62. The van der Waals surface area contributed by atoms with Crippen molar-refractivity contribution in [2.45, 2.75) is 0 Å². The van der Waals surface area contributed by atoms with Gasteiger partial charge in [0.15, 0.2) is 0 Å². The molecule has 8 aromatic carbocycles. The Morgan fingerprint density at radius 1 is 0.341 bits per heavy atom. The Morgan fingerprint density at radius 3 is 1.71 bits per heavy atom. The zero-order chi connectivity index (χ0) is 26.9. The third kappa shape index (κ3) is 3.24. The van der Waals surface area contributed by atoms with E-state index in [0.29, 0.717) is 0 Å². The van der Waals surface area contributed by atoms with Crippen molar-refractivity contribution in [1.82, 2.24) is 0 Å². The van der Waals surface area contributed by atoms with E-state index < -0.39 is 0 Å². The Bertz CT molecular complexity index is 2290. The van der Waals surface area contributed by atoms with Crippen LogP contribution in [0.15, 0.2) is 146 Å². The quantitative estimate of drug-likeness (QED) is 0.206. The van der Waals surface area contributed by atoms with Crippen LogP contribution in [0.5, 0.6) is 11.5 Å². The summed E-state index contributed by atoms with van der Waals surface area (Å²) >= 11 is 0. The minimum atomic E-state index is 0.904. The lowest BCUT2D eigenvalue weighted by molar-refractivity contribution is 0.487. The first kappa shape index (κ1) is 22.4. The highest BCUT2D eigenvalue weighted by atomic mass is 16.5. The molecule has 0 spiro atoms. The van der Waals surface area contributed by atoms with Crippen molar-refractivity contribution in [2.75, 3.05) is 0 Å². The Hall–Kier alpha value is -5.40. The molecular weight excluding hydrogens is 496 g/mol. The Kier molecular flexibility index (Phi) is 4.67. The topological polar surface area (TPSA) is 9.23 Å². The molecular formula is C40H24O. The van der Waals surface area contributed by atoms with Gasteiger partial charge in [0.25, 0.3) is 0 Å². The Balaban J connectivity index is 1.45. The normalized spacial score (nSPS) is 12.1. The molecule has 0 aliphatic carbocycles.